The van der Waals surface area contributed by atoms with Crippen molar-refractivity contribution in [3.63, 3.8) is 0 Å². The van der Waals surface area contributed by atoms with Crippen molar-refractivity contribution in [1.82, 2.24) is 0 Å². The van der Waals surface area contributed by atoms with E-state index in [1.54, 1.807) is 0 Å². The maximum absolute atomic E-state index is 5.51. The number of likely N-dealkylation sites (N-methyl/N-ethyl adjacent to an activating group) is 1. The number of hydrogen-bond acceptors (Lipinski definition) is 3. The van der Waals surface area contributed by atoms with Crippen LogP contribution in [-0.2, 0) is 11.2 Å². The molecule has 1 fully saturated rings. The van der Waals surface area contributed by atoms with Gasteiger partial charge in [0.05, 0.1) is 19.3 Å². The molecule has 0 aromatic heterocycles. The summed E-state index contributed by atoms with van der Waals surface area (Å²) in [7, 11) is 2.12. The Morgan fingerprint density at radius 1 is 1.33 bits per heavy atom. The third-order valence-corrected chi connectivity index (χ3v) is 2.94. The van der Waals surface area contributed by atoms with Gasteiger partial charge < -0.3 is 15.4 Å². The molecule has 0 radical (unpaired) electrons. The Balaban J connectivity index is 2.02. The molecule has 1 aromatic rings. The predicted octanol–water partition coefficient (Wildman–Crippen LogP) is 1.02. The smallest absolute Gasteiger partial charge is 0.0754 e. The third kappa shape index (κ3) is 2.30. The van der Waals surface area contributed by atoms with Crippen LogP contribution in [0.3, 0.4) is 0 Å². The first-order chi connectivity index (χ1) is 7.31. The number of ether oxygens (including phenoxy) is 1. The molecule has 1 aliphatic heterocycles. The normalized spacial score (nSPS) is 16.1. The fraction of sp³-hybridized carbons (Fsp3) is 0.500. The van der Waals surface area contributed by atoms with E-state index in [2.05, 4.69) is 36.2 Å². The van der Waals surface area contributed by atoms with Gasteiger partial charge in [0.25, 0.3) is 0 Å². The highest BCUT2D eigenvalue weighted by Crippen LogP contribution is 2.19. The second-order valence-electron chi connectivity index (χ2n) is 4.01. The molecule has 15 heavy (non-hydrogen) atoms. The molecule has 0 amide bonds. The number of benzene rings is 1. The van der Waals surface area contributed by atoms with Gasteiger partial charge in [-0.25, -0.2) is 0 Å². The van der Waals surface area contributed by atoms with Crippen LogP contribution in [0.4, 0.5) is 5.69 Å². The average Bonchev–Trinajstić information content (AvgIpc) is 2.16. The molecule has 0 atom stereocenters. The van der Waals surface area contributed by atoms with E-state index < -0.39 is 0 Å². The van der Waals surface area contributed by atoms with Gasteiger partial charge in [-0.1, -0.05) is 12.1 Å². The van der Waals surface area contributed by atoms with Crippen LogP contribution in [0.15, 0.2) is 24.3 Å². The summed E-state index contributed by atoms with van der Waals surface area (Å²) in [6, 6.07) is 9.16. The summed E-state index contributed by atoms with van der Waals surface area (Å²) in [5.74, 6) is 0. The van der Waals surface area contributed by atoms with Crippen molar-refractivity contribution in [3.05, 3.63) is 29.8 Å². The van der Waals surface area contributed by atoms with E-state index in [-0.39, 0.29) is 0 Å². The fourth-order valence-corrected chi connectivity index (χ4v) is 1.72. The zero-order valence-corrected chi connectivity index (χ0v) is 9.15. The minimum atomic E-state index is 0.547. The van der Waals surface area contributed by atoms with Crippen LogP contribution in [0, 0.1) is 0 Å². The molecule has 0 unspecified atom stereocenters. The van der Waals surface area contributed by atoms with Gasteiger partial charge in [0.2, 0.25) is 0 Å². The average molecular weight is 206 g/mol. The van der Waals surface area contributed by atoms with Crippen LogP contribution in [0.25, 0.3) is 0 Å². The molecule has 1 saturated heterocycles. The molecule has 0 saturated carbocycles. The van der Waals surface area contributed by atoms with Crippen LogP contribution in [0.2, 0.25) is 0 Å². The van der Waals surface area contributed by atoms with Crippen molar-refractivity contribution >= 4 is 5.69 Å². The maximum Gasteiger partial charge on any atom is 0.0754 e. The first kappa shape index (κ1) is 10.5. The Hall–Kier alpha value is -1.06. The van der Waals surface area contributed by atoms with Crippen LogP contribution in [0.1, 0.15) is 5.56 Å². The fourth-order valence-electron chi connectivity index (χ4n) is 1.72. The summed E-state index contributed by atoms with van der Waals surface area (Å²) < 4.78 is 5.18. The van der Waals surface area contributed by atoms with Crippen LogP contribution in [0.5, 0.6) is 0 Å². The van der Waals surface area contributed by atoms with Crippen LogP contribution < -0.4 is 10.6 Å². The lowest BCUT2D eigenvalue weighted by Gasteiger charge is -2.36. The van der Waals surface area contributed by atoms with Gasteiger partial charge in [0.1, 0.15) is 0 Å². The number of rotatable bonds is 4. The molecule has 0 bridgehead atoms. The second-order valence-corrected chi connectivity index (χ2v) is 4.01. The highest BCUT2D eigenvalue weighted by molar-refractivity contribution is 5.48. The summed E-state index contributed by atoms with van der Waals surface area (Å²) in [5.41, 5.74) is 8.07. The molecule has 0 aliphatic carbocycles. The van der Waals surface area contributed by atoms with Gasteiger partial charge in [-0.3, -0.25) is 0 Å². The van der Waals surface area contributed by atoms with Crippen molar-refractivity contribution in [3.8, 4) is 0 Å². The zero-order valence-electron chi connectivity index (χ0n) is 9.15. The van der Waals surface area contributed by atoms with Gasteiger partial charge >= 0.3 is 0 Å². The Kier molecular flexibility index (Phi) is 3.23. The van der Waals surface area contributed by atoms with Gasteiger partial charge in [0.15, 0.2) is 0 Å². The SMILES string of the molecule is CN(c1ccc(CCN)cc1)C1COC1. The molecule has 2 N–H and O–H groups in total. The number of hydrogen-bond donors (Lipinski definition) is 1. The van der Waals surface area contributed by atoms with Gasteiger partial charge in [0, 0.05) is 12.7 Å². The zero-order chi connectivity index (χ0) is 10.7. The molecule has 3 heteroatoms. The summed E-state index contributed by atoms with van der Waals surface area (Å²) in [6.07, 6.45) is 0.955. The first-order valence-electron chi connectivity index (χ1n) is 5.41. The minimum absolute atomic E-state index is 0.547. The van der Waals surface area contributed by atoms with E-state index in [9.17, 15) is 0 Å². The topological polar surface area (TPSA) is 38.5 Å². The van der Waals surface area contributed by atoms with E-state index in [0.717, 1.165) is 19.6 Å². The Morgan fingerprint density at radius 2 is 2.00 bits per heavy atom. The predicted molar refractivity (Wildman–Crippen MR) is 62.2 cm³/mol. The summed E-state index contributed by atoms with van der Waals surface area (Å²) >= 11 is 0. The standard InChI is InChI=1S/C12H18N2O/c1-14(12-8-15-9-12)11-4-2-10(3-5-11)6-7-13/h2-5,12H,6-9,13H2,1H3. The number of nitrogens with zero attached hydrogens (tertiary/aromatic N) is 1. The van der Waals surface area contributed by atoms with Gasteiger partial charge in [-0.05, 0) is 30.7 Å². The van der Waals surface area contributed by atoms with Gasteiger partial charge in [-0.15, -0.1) is 0 Å². The second kappa shape index (κ2) is 4.64. The Bertz CT molecular complexity index is 306. The van der Waals surface area contributed by atoms with Crippen LogP contribution in [-0.4, -0.2) is 32.8 Å². The van der Waals surface area contributed by atoms with E-state index in [4.69, 9.17) is 10.5 Å². The van der Waals surface area contributed by atoms with E-state index in [0.29, 0.717) is 12.6 Å². The Labute approximate surface area is 90.8 Å². The number of nitrogens with two attached hydrogens (primary N) is 1. The molecule has 82 valence electrons. The third-order valence-electron chi connectivity index (χ3n) is 2.94. The minimum Gasteiger partial charge on any atom is -0.377 e. The lowest BCUT2D eigenvalue weighted by atomic mass is 10.1. The van der Waals surface area contributed by atoms with E-state index in [1.165, 1.54) is 11.3 Å². The molecular formula is C12H18N2O. The molecule has 0 spiro atoms. The Morgan fingerprint density at radius 3 is 2.47 bits per heavy atom. The van der Waals surface area contributed by atoms with E-state index >= 15 is 0 Å². The van der Waals surface area contributed by atoms with Gasteiger partial charge in [-0.2, -0.15) is 0 Å². The molecule has 3 nitrogen and oxygen atoms in total. The lowest BCUT2D eigenvalue weighted by Crippen LogP contribution is -2.47. The molecule has 2 rings (SSSR count). The molecule has 1 heterocycles. The summed E-state index contributed by atoms with van der Waals surface area (Å²) in [6.45, 7) is 2.41. The van der Waals surface area contributed by atoms with Crippen molar-refractivity contribution in [2.75, 3.05) is 31.7 Å². The van der Waals surface area contributed by atoms with Crippen molar-refractivity contribution < 1.29 is 4.74 Å². The maximum atomic E-state index is 5.51. The largest absolute Gasteiger partial charge is 0.377 e. The quantitative estimate of drug-likeness (QED) is 0.799. The van der Waals surface area contributed by atoms with Crippen LogP contribution >= 0.6 is 0 Å². The highest BCUT2D eigenvalue weighted by Gasteiger charge is 2.22. The molecule has 1 aromatic carbocycles. The van der Waals surface area contributed by atoms with E-state index in [1.807, 2.05) is 0 Å². The van der Waals surface area contributed by atoms with Crippen molar-refractivity contribution in [2.24, 2.45) is 5.73 Å². The summed E-state index contributed by atoms with van der Waals surface area (Å²) in [4.78, 5) is 2.27. The first-order valence-corrected chi connectivity index (χ1v) is 5.41. The lowest BCUT2D eigenvalue weighted by molar-refractivity contribution is 0.0101. The molecular weight excluding hydrogens is 188 g/mol. The summed E-state index contributed by atoms with van der Waals surface area (Å²) in [5, 5.41) is 0. The molecule has 1 aliphatic rings. The highest BCUT2D eigenvalue weighted by atomic mass is 16.5. The van der Waals surface area contributed by atoms with Crippen molar-refractivity contribution in [1.29, 1.82) is 0 Å². The van der Waals surface area contributed by atoms with Crippen molar-refractivity contribution in [2.45, 2.75) is 12.5 Å². The number of anilines is 1. The monoisotopic (exact) mass is 206 g/mol.